The summed E-state index contributed by atoms with van der Waals surface area (Å²) in [5.41, 5.74) is 14.9. The molecule has 0 amide bonds. The minimum absolute atomic E-state index is 0.00681. The van der Waals surface area contributed by atoms with Gasteiger partial charge in [-0.3, -0.25) is 9.98 Å². The van der Waals surface area contributed by atoms with E-state index in [1.165, 1.54) is 0 Å². The lowest BCUT2D eigenvalue weighted by molar-refractivity contribution is -0.0608. The number of fused-ring (bicyclic) bond motifs is 1. The lowest BCUT2D eigenvalue weighted by atomic mass is 9.93. The zero-order valence-corrected chi connectivity index (χ0v) is 19.1. The molecule has 10 heteroatoms. The summed E-state index contributed by atoms with van der Waals surface area (Å²) in [6.07, 6.45) is 5.10. The van der Waals surface area contributed by atoms with Crippen molar-refractivity contribution in [2.45, 2.75) is 49.9 Å². The van der Waals surface area contributed by atoms with Crippen molar-refractivity contribution in [2.75, 3.05) is 19.6 Å². The molecule has 2 aliphatic rings. The highest BCUT2D eigenvalue weighted by atomic mass is 16.5. The minimum atomic E-state index is -0.313. The average Bonchev–Trinajstić information content (AvgIpc) is 3.48. The zero-order chi connectivity index (χ0) is 23.7. The summed E-state index contributed by atoms with van der Waals surface area (Å²) < 4.78 is 7.87. The van der Waals surface area contributed by atoms with Crippen LogP contribution in [0.4, 0.5) is 0 Å². The van der Waals surface area contributed by atoms with Crippen molar-refractivity contribution in [3.8, 4) is 5.69 Å². The Kier molecular flexibility index (Phi) is 6.36. The van der Waals surface area contributed by atoms with Crippen LogP contribution in [0.2, 0.25) is 0 Å². The fourth-order valence-electron chi connectivity index (χ4n) is 5.01. The number of benzene rings is 1. The van der Waals surface area contributed by atoms with Gasteiger partial charge in [-0.1, -0.05) is 12.1 Å². The number of nitrogens with one attached hydrogen (secondary N) is 4. The topological polar surface area (TPSA) is 160 Å². The van der Waals surface area contributed by atoms with Crippen LogP contribution < -0.4 is 27.8 Å². The van der Waals surface area contributed by atoms with E-state index in [2.05, 4.69) is 26.7 Å². The molecule has 0 bridgehead atoms. The monoisotopic (exact) mass is 464 g/mol. The number of rotatable bonds is 6. The van der Waals surface area contributed by atoms with Crippen LogP contribution in [0.25, 0.3) is 16.7 Å². The van der Waals surface area contributed by atoms with Crippen LogP contribution in [0.3, 0.4) is 0 Å². The van der Waals surface area contributed by atoms with E-state index in [0.29, 0.717) is 18.1 Å². The molecule has 2 aromatic heterocycles. The highest BCUT2D eigenvalue weighted by Gasteiger charge is 2.28. The number of hydrogen-bond acceptors (Lipinski definition) is 6. The van der Waals surface area contributed by atoms with Crippen molar-refractivity contribution in [2.24, 2.45) is 11.5 Å². The number of H-pyrrole nitrogens is 1. The molecule has 5 rings (SSSR count). The van der Waals surface area contributed by atoms with E-state index in [1.54, 1.807) is 4.57 Å². The Morgan fingerprint density at radius 1 is 1.29 bits per heavy atom. The van der Waals surface area contributed by atoms with Crippen LogP contribution in [0.1, 0.15) is 49.0 Å². The summed E-state index contributed by atoms with van der Waals surface area (Å²) in [6.45, 7) is 2.53. The third kappa shape index (κ3) is 4.84. The van der Waals surface area contributed by atoms with Crippen LogP contribution in [0.5, 0.6) is 0 Å². The molecule has 10 nitrogen and oxygen atoms in total. The lowest BCUT2D eigenvalue weighted by Crippen LogP contribution is -2.39. The van der Waals surface area contributed by atoms with Crippen molar-refractivity contribution >= 4 is 17.0 Å². The highest BCUT2D eigenvalue weighted by Crippen LogP contribution is 2.32. The van der Waals surface area contributed by atoms with E-state index in [1.807, 2.05) is 30.5 Å². The molecule has 4 heterocycles. The van der Waals surface area contributed by atoms with Crippen molar-refractivity contribution in [1.29, 1.82) is 5.41 Å². The Bertz CT molecular complexity index is 1210. The van der Waals surface area contributed by atoms with Crippen molar-refractivity contribution < 1.29 is 4.74 Å². The van der Waals surface area contributed by atoms with Gasteiger partial charge in [0.05, 0.1) is 17.9 Å². The normalized spacial score (nSPS) is 25.0. The van der Waals surface area contributed by atoms with E-state index in [-0.39, 0.29) is 29.9 Å². The Balaban J connectivity index is 1.32. The largest absolute Gasteiger partial charge is 0.370 e. The molecule has 0 radical (unpaired) electrons. The van der Waals surface area contributed by atoms with Gasteiger partial charge < -0.3 is 31.8 Å². The summed E-state index contributed by atoms with van der Waals surface area (Å²) in [4.78, 5) is 20.3. The van der Waals surface area contributed by atoms with Crippen LogP contribution in [-0.2, 0) is 4.74 Å². The third-order valence-corrected chi connectivity index (χ3v) is 6.79. The summed E-state index contributed by atoms with van der Waals surface area (Å²) in [5.74, 6) is 0.391. The summed E-state index contributed by atoms with van der Waals surface area (Å²) >= 11 is 0. The molecule has 1 aromatic carbocycles. The Hall–Kier alpha value is -3.21. The number of guanidine groups is 1. The fourth-order valence-corrected chi connectivity index (χ4v) is 5.01. The van der Waals surface area contributed by atoms with Gasteiger partial charge in [-0.25, -0.2) is 4.79 Å². The average molecular weight is 465 g/mol. The van der Waals surface area contributed by atoms with Gasteiger partial charge in [0.25, 0.3) is 0 Å². The minimum Gasteiger partial charge on any atom is -0.370 e. The number of nitrogens with two attached hydrogens (primary N) is 2. The van der Waals surface area contributed by atoms with Crippen LogP contribution in [0.15, 0.2) is 41.3 Å². The van der Waals surface area contributed by atoms with Gasteiger partial charge in [0.15, 0.2) is 5.96 Å². The SMILES string of the molecule is N=C(N)NCC[C@H]1CC(N)C[C@H](c2ccc(-n3cc4cc([C@@H]5CCNC5)[nH]c4nc3=O)cc2)O1. The van der Waals surface area contributed by atoms with Gasteiger partial charge in [0.2, 0.25) is 0 Å². The first-order valence-corrected chi connectivity index (χ1v) is 11.9. The molecule has 4 atom stereocenters. The summed E-state index contributed by atoms with van der Waals surface area (Å²) in [5, 5.41) is 14.4. The molecule has 0 spiro atoms. The van der Waals surface area contributed by atoms with Crippen LogP contribution in [0, 0.1) is 5.41 Å². The van der Waals surface area contributed by atoms with Gasteiger partial charge in [0.1, 0.15) is 5.65 Å². The van der Waals surface area contributed by atoms with Gasteiger partial charge in [0, 0.05) is 42.3 Å². The number of aromatic amines is 1. The highest BCUT2D eigenvalue weighted by molar-refractivity contribution is 5.76. The maximum Gasteiger partial charge on any atom is 0.354 e. The molecule has 0 saturated carbocycles. The van der Waals surface area contributed by atoms with Crippen molar-refractivity contribution in [3.63, 3.8) is 0 Å². The molecule has 3 aromatic rings. The maximum absolute atomic E-state index is 12.7. The van der Waals surface area contributed by atoms with Crippen molar-refractivity contribution in [3.05, 3.63) is 58.3 Å². The molecule has 8 N–H and O–H groups in total. The smallest absolute Gasteiger partial charge is 0.354 e. The van der Waals surface area contributed by atoms with Gasteiger partial charge in [-0.05, 0) is 56.0 Å². The van der Waals surface area contributed by atoms with Crippen LogP contribution in [-0.4, -0.2) is 52.3 Å². The second-order valence-corrected chi connectivity index (χ2v) is 9.31. The number of ether oxygens (including phenoxy) is 1. The fraction of sp³-hybridized carbons (Fsp3) is 0.458. The van der Waals surface area contributed by atoms with Crippen LogP contribution >= 0.6 is 0 Å². The number of aromatic nitrogens is 3. The second kappa shape index (κ2) is 9.57. The summed E-state index contributed by atoms with van der Waals surface area (Å²) in [7, 11) is 0. The Morgan fingerprint density at radius 3 is 2.85 bits per heavy atom. The zero-order valence-electron chi connectivity index (χ0n) is 19.1. The van der Waals surface area contributed by atoms with E-state index in [4.69, 9.17) is 21.6 Å². The molecule has 0 aliphatic carbocycles. The first-order valence-electron chi connectivity index (χ1n) is 11.9. The predicted molar refractivity (Wildman–Crippen MR) is 131 cm³/mol. The maximum atomic E-state index is 12.7. The van der Waals surface area contributed by atoms with E-state index >= 15 is 0 Å². The molecule has 1 unspecified atom stereocenters. The standard InChI is InChI=1S/C24H32N8O2/c25-17-10-19(6-8-29-23(26)27)34-21(11-17)14-1-3-18(4-2-14)32-13-16-9-20(15-5-7-28-12-15)30-22(16)31-24(32)33/h1-4,9,13,15,17,19,21,28H,5-8,10-12,25H2,(H4,26,27,29)(H,30,31,33)/t15-,17?,19+,21-/m1/s1. The molecule has 180 valence electrons. The molecule has 34 heavy (non-hydrogen) atoms. The van der Waals surface area contributed by atoms with E-state index in [9.17, 15) is 4.79 Å². The molecule has 2 fully saturated rings. The first-order chi connectivity index (χ1) is 16.5. The quantitative estimate of drug-likeness (QED) is 0.236. The molecule has 2 aliphatic heterocycles. The van der Waals surface area contributed by atoms with E-state index < -0.39 is 0 Å². The Labute approximate surface area is 197 Å². The Morgan fingerprint density at radius 2 is 2.12 bits per heavy atom. The number of hydrogen-bond donors (Lipinski definition) is 6. The van der Waals surface area contributed by atoms with Gasteiger partial charge in [-0.15, -0.1) is 0 Å². The molecular formula is C24H32N8O2. The molecule has 2 saturated heterocycles. The first kappa shape index (κ1) is 22.6. The summed E-state index contributed by atoms with van der Waals surface area (Å²) in [6, 6.07) is 9.98. The van der Waals surface area contributed by atoms with Gasteiger partial charge >= 0.3 is 5.69 Å². The second-order valence-electron chi connectivity index (χ2n) is 9.31. The van der Waals surface area contributed by atoms with Crippen molar-refractivity contribution in [1.82, 2.24) is 25.2 Å². The van der Waals surface area contributed by atoms with Gasteiger partial charge in [-0.2, -0.15) is 4.98 Å². The number of nitrogens with zero attached hydrogens (tertiary/aromatic N) is 2. The third-order valence-electron chi connectivity index (χ3n) is 6.79. The van der Waals surface area contributed by atoms with E-state index in [0.717, 1.165) is 61.1 Å². The molecular weight excluding hydrogens is 432 g/mol. The predicted octanol–water partition coefficient (Wildman–Crippen LogP) is 1.21. The lowest BCUT2D eigenvalue weighted by Gasteiger charge is -2.34.